The van der Waals surface area contributed by atoms with Gasteiger partial charge in [0.2, 0.25) is 11.8 Å². The predicted octanol–water partition coefficient (Wildman–Crippen LogP) is 3.95. The molecule has 1 saturated carbocycles. The van der Waals surface area contributed by atoms with Gasteiger partial charge in [0.25, 0.3) is 0 Å². The molecule has 0 spiro atoms. The predicted molar refractivity (Wildman–Crippen MR) is 103 cm³/mol. The van der Waals surface area contributed by atoms with Crippen molar-refractivity contribution >= 4 is 23.2 Å². The maximum Gasteiger partial charge on any atom is 0.242 e. The van der Waals surface area contributed by atoms with Gasteiger partial charge in [0, 0.05) is 17.9 Å². The molecule has 134 valence electrons. The first-order valence-electron chi connectivity index (χ1n) is 9.44. The van der Waals surface area contributed by atoms with Crippen LogP contribution in [0.4, 0.5) is 11.4 Å². The zero-order valence-corrected chi connectivity index (χ0v) is 15.1. The average Bonchev–Trinajstić information content (AvgIpc) is 3.50. The lowest BCUT2D eigenvalue weighted by molar-refractivity contribution is -0.132. The van der Waals surface area contributed by atoms with Crippen molar-refractivity contribution in [1.29, 1.82) is 0 Å². The molecule has 1 aliphatic heterocycles. The first-order valence-corrected chi connectivity index (χ1v) is 9.44. The van der Waals surface area contributed by atoms with Crippen LogP contribution in [0, 0.1) is 5.41 Å². The van der Waals surface area contributed by atoms with Crippen LogP contribution in [0.5, 0.6) is 0 Å². The van der Waals surface area contributed by atoms with E-state index in [0.717, 1.165) is 30.6 Å². The summed E-state index contributed by atoms with van der Waals surface area (Å²) < 4.78 is 0. The molecule has 1 aliphatic carbocycles. The second-order valence-corrected chi connectivity index (χ2v) is 7.28. The summed E-state index contributed by atoms with van der Waals surface area (Å²) in [6.45, 7) is 2.79. The van der Waals surface area contributed by atoms with Crippen LogP contribution in [0.1, 0.15) is 37.3 Å². The summed E-state index contributed by atoms with van der Waals surface area (Å²) >= 11 is 0. The number of carbonyl (C=O) groups is 2. The Balaban J connectivity index is 1.53. The number of amides is 2. The Morgan fingerprint density at radius 2 is 1.81 bits per heavy atom. The molecule has 4 nitrogen and oxygen atoms in total. The zero-order valence-electron chi connectivity index (χ0n) is 15.1. The molecule has 0 atom stereocenters. The number of hydrogen-bond donors (Lipinski definition) is 1. The van der Waals surface area contributed by atoms with E-state index in [0.29, 0.717) is 19.4 Å². The molecule has 0 aromatic heterocycles. The van der Waals surface area contributed by atoms with E-state index in [4.69, 9.17) is 0 Å². The zero-order chi connectivity index (χ0) is 18.1. The number of para-hydroxylation sites is 1. The molecule has 1 fully saturated rings. The summed E-state index contributed by atoms with van der Waals surface area (Å²) in [6.07, 6.45) is 4.15. The second-order valence-electron chi connectivity index (χ2n) is 7.28. The van der Waals surface area contributed by atoms with Gasteiger partial charge in [-0.3, -0.25) is 9.59 Å². The highest BCUT2D eigenvalue weighted by Crippen LogP contribution is 2.49. The SMILES string of the molecule is CCc1ccc(NC(=O)C2(C(=O)N3CCCc4ccccc43)CC2)cc1. The van der Waals surface area contributed by atoms with E-state index in [1.807, 2.05) is 47.4 Å². The lowest BCUT2D eigenvalue weighted by Gasteiger charge is -2.32. The molecule has 0 bridgehead atoms. The van der Waals surface area contributed by atoms with Crippen molar-refractivity contribution in [3.63, 3.8) is 0 Å². The largest absolute Gasteiger partial charge is 0.325 e. The smallest absolute Gasteiger partial charge is 0.242 e. The first-order chi connectivity index (χ1) is 12.6. The van der Waals surface area contributed by atoms with Crippen molar-refractivity contribution in [2.24, 2.45) is 5.41 Å². The molecule has 2 aromatic carbocycles. The molecule has 26 heavy (non-hydrogen) atoms. The van der Waals surface area contributed by atoms with E-state index in [9.17, 15) is 9.59 Å². The van der Waals surface area contributed by atoms with Crippen LogP contribution in [-0.4, -0.2) is 18.4 Å². The molecule has 4 rings (SSSR count). The summed E-state index contributed by atoms with van der Waals surface area (Å²) in [5, 5.41) is 2.95. The molecule has 0 unspecified atom stereocenters. The van der Waals surface area contributed by atoms with Gasteiger partial charge in [-0.15, -0.1) is 0 Å². The van der Waals surface area contributed by atoms with Gasteiger partial charge in [0.15, 0.2) is 0 Å². The van der Waals surface area contributed by atoms with Crippen molar-refractivity contribution in [3.05, 3.63) is 59.7 Å². The second kappa shape index (κ2) is 6.60. The van der Waals surface area contributed by atoms with E-state index >= 15 is 0 Å². The number of nitrogens with zero attached hydrogens (tertiary/aromatic N) is 1. The average molecular weight is 348 g/mol. The van der Waals surface area contributed by atoms with E-state index in [2.05, 4.69) is 18.3 Å². The quantitative estimate of drug-likeness (QED) is 0.851. The standard InChI is InChI=1S/C22H24N2O2/c1-2-16-9-11-18(12-10-16)23-20(25)22(13-14-22)21(26)24-15-5-7-17-6-3-4-8-19(17)24/h3-4,6,8-12H,2,5,7,13-15H2,1H3,(H,23,25). The summed E-state index contributed by atoms with van der Waals surface area (Å²) in [4.78, 5) is 28.0. The fraction of sp³-hybridized carbons (Fsp3) is 0.364. The molecule has 2 aromatic rings. The number of rotatable bonds is 4. The number of benzene rings is 2. The van der Waals surface area contributed by atoms with E-state index in [-0.39, 0.29) is 11.8 Å². The molecular formula is C22H24N2O2. The lowest BCUT2D eigenvalue weighted by atomic mass is 9.97. The van der Waals surface area contributed by atoms with Gasteiger partial charge in [-0.1, -0.05) is 37.3 Å². The Morgan fingerprint density at radius 1 is 1.08 bits per heavy atom. The molecule has 2 amide bonds. The maximum absolute atomic E-state index is 13.2. The van der Waals surface area contributed by atoms with Crippen molar-refractivity contribution in [2.45, 2.75) is 39.0 Å². The molecule has 1 heterocycles. The molecule has 0 saturated heterocycles. The van der Waals surface area contributed by atoms with Crippen LogP contribution in [0.3, 0.4) is 0 Å². The van der Waals surface area contributed by atoms with Crippen LogP contribution in [0.2, 0.25) is 0 Å². The third-order valence-corrected chi connectivity index (χ3v) is 5.57. The Morgan fingerprint density at radius 3 is 2.50 bits per heavy atom. The topological polar surface area (TPSA) is 49.4 Å². The number of fused-ring (bicyclic) bond motifs is 1. The fourth-order valence-electron chi connectivity index (χ4n) is 3.74. The minimum atomic E-state index is -0.895. The summed E-state index contributed by atoms with van der Waals surface area (Å²) in [5.74, 6) is -0.220. The van der Waals surface area contributed by atoms with Crippen molar-refractivity contribution in [3.8, 4) is 0 Å². The van der Waals surface area contributed by atoms with Crippen molar-refractivity contribution in [2.75, 3.05) is 16.8 Å². The Labute approximate surface area is 154 Å². The molecule has 4 heteroatoms. The summed E-state index contributed by atoms with van der Waals surface area (Å²) in [5.41, 5.74) is 3.25. The fourth-order valence-corrected chi connectivity index (χ4v) is 3.74. The number of carbonyl (C=O) groups excluding carboxylic acids is 2. The summed E-state index contributed by atoms with van der Waals surface area (Å²) in [6, 6.07) is 15.9. The minimum Gasteiger partial charge on any atom is -0.325 e. The van der Waals surface area contributed by atoms with Gasteiger partial charge in [0.1, 0.15) is 5.41 Å². The van der Waals surface area contributed by atoms with Crippen LogP contribution in [0.15, 0.2) is 48.5 Å². The van der Waals surface area contributed by atoms with Crippen LogP contribution >= 0.6 is 0 Å². The van der Waals surface area contributed by atoms with E-state index in [1.165, 1.54) is 11.1 Å². The van der Waals surface area contributed by atoms with Crippen LogP contribution in [0.25, 0.3) is 0 Å². The van der Waals surface area contributed by atoms with Gasteiger partial charge in [0.05, 0.1) is 0 Å². The van der Waals surface area contributed by atoms with Gasteiger partial charge >= 0.3 is 0 Å². The third-order valence-electron chi connectivity index (χ3n) is 5.57. The maximum atomic E-state index is 13.2. The highest BCUT2D eigenvalue weighted by atomic mass is 16.2. The highest BCUT2D eigenvalue weighted by Gasteiger charge is 2.58. The van der Waals surface area contributed by atoms with E-state index in [1.54, 1.807) is 0 Å². The number of nitrogens with one attached hydrogen (secondary N) is 1. The van der Waals surface area contributed by atoms with Gasteiger partial charge < -0.3 is 10.2 Å². The molecule has 2 aliphatic rings. The monoisotopic (exact) mass is 348 g/mol. The first kappa shape index (κ1) is 16.8. The Hall–Kier alpha value is -2.62. The summed E-state index contributed by atoms with van der Waals surface area (Å²) in [7, 11) is 0. The minimum absolute atomic E-state index is 0.0488. The third kappa shape index (κ3) is 2.90. The highest BCUT2D eigenvalue weighted by molar-refractivity contribution is 6.18. The number of aryl methyl sites for hydroxylation is 2. The van der Waals surface area contributed by atoms with E-state index < -0.39 is 5.41 Å². The number of anilines is 2. The van der Waals surface area contributed by atoms with Crippen molar-refractivity contribution < 1.29 is 9.59 Å². The van der Waals surface area contributed by atoms with Gasteiger partial charge in [-0.2, -0.15) is 0 Å². The molecular weight excluding hydrogens is 324 g/mol. The molecule has 1 N–H and O–H groups in total. The van der Waals surface area contributed by atoms with Crippen molar-refractivity contribution in [1.82, 2.24) is 0 Å². The van der Waals surface area contributed by atoms with Gasteiger partial charge in [-0.25, -0.2) is 0 Å². The molecule has 0 radical (unpaired) electrons. The normalized spacial score (nSPS) is 17.3. The Kier molecular flexibility index (Phi) is 4.27. The van der Waals surface area contributed by atoms with Gasteiger partial charge in [-0.05, 0) is 61.4 Å². The van der Waals surface area contributed by atoms with Crippen LogP contribution in [-0.2, 0) is 22.4 Å². The Bertz CT molecular complexity index is 837. The van der Waals surface area contributed by atoms with Crippen LogP contribution < -0.4 is 10.2 Å². The lowest BCUT2D eigenvalue weighted by Crippen LogP contribution is -2.45. The number of hydrogen-bond acceptors (Lipinski definition) is 2.